The normalized spacial score (nSPS) is 14.0. The largest absolute Gasteiger partial charge is 0.324 e. The lowest BCUT2D eigenvalue weighted by atomic mass is 10.1. The molecule has 1 unspecified atom stereocenters. The summed E-state index contributed by atoms with van der Waals surface area (Å²) in [6.07, 6.45) is 1.00. The molecule has 0 heterocycles. The van der Waals surface area contributed by atoms with Crippen molar-refractivity contribution in [1.82, 2.24) is 0 Å². The summed E-state index contributed by atoms with van der Waals surface area (Å²) < 4.78 is 0. The Morgan fingerprint density at radius 3 is 2.25 bits per heavy atom. The minimum atomic E-state index is 0.116. The Bertz CT molecular complexity index is 70.9. The lowest BCUT2D eigenvalue weighted by molar-refractivity contribution is 0.566. The molecule has 0 aliphatic heterocycles. The first kappa shape index (κ1) is 8.05. The van der Waals surface area contributed by atoms with Crippen molar-refractivity contribution < 1.29 is 0 Å². The molecule has 0 rings (SSSR count). The molecular formula is C6H13NS. The molecular weight excluding hydrogens is 118 g/mol. The molecule has 0 aromatic heterocycles. The molecule has 2 N–H and O–H groups in total. The summed E-state index contributed by atoms with van der Waals surface area (Å²) in [6, 6.07) is 0.116. The van der Waals surface area contributed by atoms with Crippen LogP contribution in [0.1, 0.15) is 20.3 Å². The van der Waals surface area contributed by atoms with Crippen LogP contribution in [-0.4, -0.2) is 11.4 Å². The highest BCUT2D eigenvalue weighted by Crippen LogP contribution is 2.00. The Labute approximate surface area is 56.3 Å². The molecule has 0 saturated carbocycles. The fourth-order valence-corrected chi connectivity index (χ4v) is 0.711. The first-order chi connectivity index (χ1) is 3.66. The van der Waals surface area contributed by atoms with Crippen LogP contribution in [0.5, 0.6) is 0 Å². The molecule has 0 spiro atoms. The van der Waals surface area contributed by atoms with Gasteiger partial charge in [-0.2, -0.15) is 0 Å². The van der Waals surface area contributed by atoms with Gasteiger partial charge in [0.15, 0.2) is 0 Å². The average molecular weight is 131 g/mol. The van der Waals surface area contributed by atoms with Crippen LogP contribution in [0, 0.1) is 5.92 Å². The summed E-state index contributed by atoms with van der Waals surface area (Å²) in [6.45, 7) is 4.28. The van der Waals surface area contributed by atoms with Crippen LogP contribution in [-0.2, 0) is 0 Å². The maximum absolute atomic E-state index is 5.51. The minimum Gasteiger partial charge on any atom is -0.324 e. The van der Waals surface area contributed by atoms with Crippen LogP contribution in [0.3, 0.4) is 0 Å². The predicted octanol–water partition coefficient (Wildman–Crippen LogP) is 1.36. The van der Waals surface area contributed by atoms with E-state index in [9.17, 15) is 0 Å². The molecule has 1 nitrogen and oxygen atoms in total. The van der Waals surface area contributed by atoms with E-state index in [1.165, 1.54) is 0 Å². The van der Waals surface area contributed by atoms with Gasteiger partial charge in [0.05, 0.1) is 0 Å². The summed E-state index contributed by atoms with van der Waals surface area (Å²) in [5.41, 5.74) is 5.51. The third kappa shape index (κ3) is 4.22. The van der Waals surface area contributed by atoms with Crippen molar-refractivity contribution in [3.63, 3.8) is 0 Å². The average Bonchev–Trinajstić information content (AvgIpc) is 1.65. The van der Waals surface area contributed by atoms with Gasteiger partial charge < -0.3 is 5.73 Å². The quantitative estimate of drug-likeness (QED) is 0.585. The van der Waals surface area contributed by atoms with Gasteiger partial charge in [-0.3, -0.25) is 0 Å². The Morgan fingerprint density at radius 2 is 2.12 bits per heavy atom. The molecule has 0 fully saturated rings. The molecule has 1 atom stereocenters. The Kier molecular flexibility index (Phi) is 4.01. The van der Waals surface area contributed by atoms with E-state index in [1.54, 1.807) is 5.37 Å². The van der Waals surface area contributed by atoms with Gasteiger partial charge in [0.25, 0.3) is 0 Å². The second-order valence-electron chi connectivity index (χ2n) is 2.43. The summed E-state index contributed by atoms with van der Waals surface area (Å²) >= 11 is 4.64. The number of nitrogens with two attached hydrogens (primary N) is 1. The van der Waals surface area contributed by atoms with Gasteiger partial charge in [0, 0.05) is 6.04 Å². The van der Waals surface area contributed by atoms with E-state index in [-0.39, 0.29) is 6.04 Å². The maximum Gasteiger partial charge on any atom is 0.0330 e. The predicted molar refractivity (Wildman–Crippen MR) is 41.1 cm³/mol. The number of hydrogen-bond donors (Lipinski definition) is 1. The minimum absolute atomic E-state index is 0.116. The summed E-state index contributed by atoms with van der Waals surface area (Å²) in [5.74, 6) is 0.657. The zero-order chi connectivity index (χ0) is 6.57. The second-order valence-corrected chi connectivity index (χ2v) is 2.70. The van der Waals surface area contributed by atoms with Gasteiger partial charge in [-0.25, -0.2) is 0 Å². The molecule has 0 amide bonds. The van der Waals surface area contributed by atoms with Crippen molar-refractivity contribution >= 4 is 17.6 Å². The van der Waals surface area contributed by atoms with Gasteiger partial charge in [-0.15, -0.1) is 0 Å². The van der Waals surface area contributed by atoms with Crippen LogP contribution in [0.15, 0.2) is 0 Å². The molecule has 8 heavy (non-hydrogen) atoms. The smallest absolute Gasteiger partial charge is 0.0330 e. The van der Waals surface area contributed by atoms with Gasteiger partial charge in [-0.05, 0) is 17.7 Å². The van der Waals surface area contributed by atoms with Crippen molar-refractivity contribution in [3.05, 3.63) is 0 Å². The molecule has 0 aromatic carbocycles. The highest BCUT2D eigenvalue weighted by molar-refractivity contribution is 7.79. The number of hydrogen-bond acceptors (Lipinski definition) is 2. The van der Waals surface area contributed by atoms with Gasteiger partial charge >= 0.3 is 0 Å². The standard InChI is InChI=1S/C6H13NS/c1-5(2)3-6(7)4-8/h4-6H,3,7H2,1-2H3. The van der Waals surface area contributed by atoms with Crippen molar-refractivity contribution in [2.24, 2.45) is 11.7 Å². The molecule has 2 heteroatoms. The number of thiocarbonyl (C=S) groups is 1. The molecule has 0 aromatic rings. The fraction of sp³-hybridized carbons (Fsp3) is 0.833. The summed E-state index contributed by atoms with van der Waals surface area (Å²) in [7, 11) is 0. The molecule has 0 aliphatic rings. The van der Waals surface area contributed by atoms with Crippen LogP contribution < -0.4 is 5.73 Å². The van der Waals surface area contributed by atoms with E-state index in [1.807, 2.05) is 0 Å². The fourth-order valence-electron chi connectivity index (χ4n) is 0.600. The monoisotopic (exact) mass is 131 g/mol. The van der Waals surface area contributed by atoms with E-state index >= 15 is 0 Å². The lowest BCUT2D eigenvalue weighted by Gasteiger charge is -2.06. The Hall–Kier alpha value is 0.0500. The summed E-state index contributed by atoms with van der Waals surface area (Å²) in [4.78, 5) is 0. The van der Waals surface area contributed by atoms with Crippen molar-refractivity contribution in [2.45, 2.75) is 26.3 Å². The molecule has 0 saturated heterocycles. The summed E-state index contributed by atoms with van der Waals surface area (Å²) in [5, 5.41) is 1.62. The number of rotatable bonds is 3. The van der Waals surface area contributed by atoms with Gasteiger partial charge in [0.2, 0.25) is 0 Å². The van der Waals surface area contributed by atoms with E-state index in [0.717, 1.165) is 6.42 Å². The first-order valence-corrected chi connectivity index (χ1v) is 3.34. The maximum atomic E-state index is 5.51. The van der Waals surface area contributed by atoms with Crippen LogP contribution in [0.4, 0.5) is 0 Å². The van der Waals surface area contributed by atoms with Crippen molar-refractivity contribution in [2.75, 3.05) is 0 Å². The topological polar surface area (TPSA) is 26.0 Å². The Morgan fingerprint density at radius 1 is 1.62 bits per heavy atom. The first-order valence-electron chi connectivity index (χ1n) is 2.87. The van der Waals surface area contributed by atoms with E-state index in [0.29, 0.717) is 5.92 Å². The van der Waals surface area contributed by atoms with Crippen LogP contribution >= 0.6 is 12.2 Å². The zero-order valence-corrected chi connectivity index (χ0v) is 6.24. The molecule has 0 bridgehead atoms. The lowest BCUT2D eigenvalue weighted by Crippen LogP contribution is -2.22. The highest BCUT2D eigenvalue weighted by Gasteiger charge is 1.99. The molecule has 0 radical (unpaired) electrons. The van der Waals surface area contributed by atoms with E-state index < -0.39 is 0 Å². The second kappa shape index (κ2) is 3.98. The molecule has 48 valence electrons. The van der Waals surface area contributed by atoms with Gasteiger partial charge in [-0.1, -0.05) is 26.1 Å². The van der Waals surface area contributed by atoms with Gasteiger partial charge in [0.1, 0.15) is 0 Å². The highest BCUT2D eigenvalue weighted by atomic mass is 32.1. The SMILES string of the molecule is CC(C)CC(N)C=S. The Balaban J connectivity index is 3.23. The van der Waals surface area contributed by atoms with Crippen LogP contribution in [0.2, 0.25) is 0 Å². The van der Waals surface area contributed by atoms with Crippen LogP contribution in [0.25, 0.3) is 0 Å². The van der Waals surface area contributed by atoms with Crippen molar-refractivity contribution in [3.8, 4) is 0 Å². The van der Waals surface area contributed by atoms with E-state index in [4.69, 9.17) is 5.73 Å². The molecule has 0 aliphatic carbocycles. The van der Waals surface area contributed by atoms with Crippen molar-refractivity contribution in [1.29, 1.82) is 0 Å². The third-order valence-corrected chi connectivity index (χ3v) is 1.27. The zero-order valence-electron chi connectivity index (χ0n) is 5.42. The third-order valence-electron chi connectivity index (χ3n) is 0.918. The van der Waals surface area contributed by atoms with E-state index in [2.05, 4.69) is 26.1 Å².